The summed E-state index contributed by atoms with van der Waals surface area (Å²) in [5.41, 5.74) is 2.32. The number of fused-ring (bicyclic) bond motifs is 1. The van der Waals surface area contributed by atoms with E-state index in [4.69, 9.17) is 11.6 Å². The summed E-state index contributed by atoms with van der Waals surface area (Å²) in [7, 11) is -3.69. The summed E-state index contributed by atoms with van der Waals surface area (Å²) in [5.74, 6) is -0.0296. The van der Waals surface area contributed by atoms with Crippen molar-refractivity contribution in [2.45, 2.75) is 24.2 Å². The minimum atomic E-state index is -3.69. The topological polar surface area (TPSA) is 72.0 Å². The van der Waals surface area contributed by atoms with Crippen molar-refractivity contribution >= 4 is 27.6 Å². The first-order valence-corrected chi connectivity index (χ1v) is 8.04. The quantitative estimate of drug-likeness (QED) is 0.884. The summed E-state index contributed by atoms with van der Waals surface area (Å²) < 4.78 is 26.9. The SMILES string of the molecule is O=S(=O)(Nc1nccc(Cl)n1)c1ccc2c(c1)CCC2. The number of rotatable bonds is 3. The molecule has 1 heterocycles. The maximum atomic E-state index is 12.3. The molecule has 0 aliphatic heterocycles. The van der Waals surface area contributed by atoms with E-state index in [9.17, 15) is 8.42 Å². The predicted molar refractivity (Wildman–Crippen MR) is 76.3 cm³/mol. The zero-order valence-corrected chi connectivity index (χ0v) is 12.1. The van der Waals surface area contributed by atoms with Gasteiger partial charge in [-0.25, -0.2) is 23.1 Å². The first kappa shape index (κ1) is 13.3. The van der Waals surface area contributed by atoms with E-state index in [0.717, 1.165) is 24.8 Å². The van der Waals surface area contributed by atoms with Crippen molar-refractivity contribution in [3.05, 3.63) is 46.7 Å². The van der Waals surface area contributed by atoms with E-state index in [1.807, 2.05) is 6.07 Å². The number of halogens is 1. The molecule has 0 spiro atoms. The number of aryl methyl sites for hydroxylation is 2. The molecular formula is C13H12ClN3O2S. The van der Waals surface area contributed by atoms with Crippen LogP contribution in [0.3, 0.4) is 0 Å². The molecule has 0 amide bonds. The number of sulfonamides is 1. The molecule has 0 fully saturated rings. The lowest BCUT2D eigenvalue weighted by Crippen LogP contribution is -2.15. The van der Waals surface area contributed by atoms with Gasteiger partial charge >= 0.3 is 0 Å². The van der Waals surface area contributed by atoms with E-state index in [-0.39, 0.29) is 16.0 Å². The number of anilines is 1. The lowest BCUT2D eigenvalue weighted by Gasteiger charge is -2.08. The minimum absolute atomic E-state index is 0.0296. The Labute approximate surface area is 122 Å². The van der Waals surface area contributed by atoms with Gasteiger partial charge in [0.2, 0.25) is 5.95 Å². The van der Waals surface area contributed by atoms with Gasteiger partial charge in [-0.3, -0.25) is 0 Å². The molecule has 0 unspecified atom stereocenters. The number of aromatic nitrogens is 2. The average Bonchev–Trinajstić information content (AvgIpc) is 2.85. The highest BCUT2D eigenvalue weighted by molar-refractivity contribution is 7.92. The third kappa shape index (κ3) is 2.62. The van der Waals surface area contributed by atoms with Crippen molar-refractivity contribution in [2.75, 3.05) is 4.72 Å². The van der Waals surface area contributed by atoms with Crippen LogP contribution in [0.5, 0.6) is 0 Å². The molecule has 0 radical (unpaired) electrons. The third-order valence-corrected chi connectivity index (χ3v) is 4.76. The van der Waals surface area contributed by atoms with E-state index >= 15 is 0 Å². The van der Waals surface area contributed by atoms with Crippen LogP contribution in [0.1, 0.15) is 17.5 Å². The molecule has 2 aromatic rings. The second kappa shape index (κ2) is 5.03. The fraction of sp³-hybridized carbons (Fsp3) is 0.231. The van der Waals surface area contributed by atoms with Crippen LogP contribution in [0, 0.1) is 0 Å². The van der Waals surface area contributed by atoms with Crippen molar-refractivity contribution in [1.82, 2.24) is 9.97 Å². The van der Waals surface area contributed by atoms with Gasteiger partial charge in [0.25, 0.3) is 10.0 Å². The van der Waals surface area contributed by atoms with Gasteiger partial charge in [0, 0.05) is 6.20 Å². The molecule has 5 nitrogen and oxygen atoms in total. The van der Waals surface area contributed by atoms with Crippen LogP contribution in [0.4, 0.5) is 5.95 Å². The summed E-state index contributed by atoms with van der Waals surface area (Å²) >= 11 is 5.71. The number of nitrogens with one attached hydrogen (secondary N) is 1. The monoisotopic (exact) mass is 309 g/mol. The highest BCUT2D eigenvalue weighted by Gasteiger charge is 2.19. The Bertz CT molecular complexity index is 762. The lowest BCUT2D eigenvalue weighted by molar-refractivity contribution is 0.600. The van der Waals surface area contributed by atoms with E-state index in [1.165, 1.54) is 17.8 Å². The largest absolute Gasteiger partial charge is 0.264 e. The molecular weight excluding hydrogens is 298 g/mol. The molecule has 1 aromatic heterocycles. The van der Waals surface area contributed by atoms with Crippen molar-refractivity contribution in [3.8, 4) is 0 Å². The van der Waals surface area contributed by atoms with Gasteiger partial charge in [0.15, 0.2) is 0 Å². The summed E-state index contributed by atoms with van der Waals surface area (Å²) in [4.78, 5) is 7.88. The summed E-state index contributed by atoms with van der Waals surface area (Å²) in [6.45, 7) is 0. The van der Waals surface area contributed by atoms with Gasteiger partial charge in [-0.1, -0.05) is 17.7 Å². The summed E-state index contributed by atoms with van der Waals surface area (Å²) in [5, 5.41) is 0.187. The molecule has 0 atom stereocenters. The molecule has 1 N–H and O–H groups in total. The van der Waals surface area contributed by atoms with Crippen LogP contribution in [0.15, 0.2) is 35.4 Å². The number of hydrogen-bond donors (Lipinski definition) is 1. The van der Waals surface area contributed by atoms with E-state index in [1.54, 1.807) is 12.1 Å². The van der Waals surface area contributed by atoms with E-state index in [0.29, 0.717) is 0 Å². The second-order valence-electron chi connectivity index (χ2n) is 4.59. The Hall–Kier alpha value is -1.66. The van der Waals surface area contributed by atoms with Crippen LogP contribution >= 0.6 is 11.6 Å². The molecule has 1 aliphatic carbocycles. The first-order valence-electron chi connectivity index (χ1n) is 6.18. The maximum Gasteiger partial charge on any atom is 0.264 e. The van der Waals surface area contributed by atoms with Gasteiger partial charge in [-0.05, 0) is 48.6 Å². The number of benzene rings is 1. The standard InChI is InChI=1S/C13H12ClN3O2S/c14-12-6-7-15-13(16-12)17-20(18,19)11-5-4-9-2-1-3-10(9)8-11/h4-8H,1-3H2,(H,15,16,17). The zero-order chi connectivity index (χ0) is 14.2. The number of hydrogen-bond acceptors (Lipinski definition) is 4. The molecule has 0 saturated heterocycles. The van der Waals surface area contributed by atoms with E-state index in [2.05, 4.69) is 14.7 Å². The van der Waals surface area contributed by atoms with E-state index < -0.39 is 10.0 Å². The van der Waals surface area contributed by atoms with Crippen molar-refractivity contribution in [3.63, 3.8) is 0 Å². The number of nitrogens with zero attached hydrogens (tertiary/aromatic N) is 2. The first-order chi connectivity index (χ1) is 9.54. The smallest absolute Gasteiger partial charge is 0.247 e. The fourth-order valence-corrected chi connectivity index (χ4v) is 3.42. The molecule has 0 bridgehead atoms. The van der Waals surface area contributed by atoms with Crippen LogP contribution in [-0.2, 0) is 22.9 Å². The third-order valence-electron chi connectivity index (χ3n) is 3.23. The van der Waals surface area contributed by atoms with Crippen molar-refractivity contribution in [2.24, 2.45) is 0 Å². The van der Waals surface area contributed by atoms with Gasteiger partial charge in [0.1, 0.15) is 5.15 Å². The zero-order valence-electron chi connectivity index (χ0n) is 10.5. The Morgan fingerprint density at radius 2 is 1.95 bits per heavy atom. The average molecular weight is 310 g/mol. The van der Waals surface area contributed by atoms with Gasteiger partial charge in [-0.15, -0.1) is 0 Å². The Morgan fingerprint density at radius 3 is 2.75 bits per heavy atom. The maximum absolute atomic E-state index is 12.3. The molecule has 7 heteroatoms. The van der Waals surface area contributed by atoms with Crippen LogP contribution < -0.4 is 4.72 Å². The molecule has 0 saturated carbocycles. The fourth-order valence-electron chi connectivity index (χ4n) is 2.28. The molecule has 104 valence electrons. The highest BCUT2D eigenvalue weighted by Crippen LogP contribution is 2.25. The van der Waals surface area contributed by atoms with Crippen LogP contribution in [0.25, 0.3) is 0 Å². The second-order valence-corrected chi connectivity index (χ2v) is 6.66. The molecule has 1 aliphatic rings. The minimum Gasteiger partial charge on any atom is -0.247 e. The van der Waals surface area contributed by atoms with Crippen molar-refractivity contribution < 1.29 is 8.42 Å². The molecule has 20 heavy (non-hydrogen) atoms. The van der Waals surface area contributed by atoms with Gasteiger partial charge < -0.3 is 0 Å². The van der Waals surface area contributed by atoms with Crippen molar-refractivity contribution in [1.29, 1.82) is 0 Å². The Kier molecular flexibility index (Phi) is 3.35. The van der Waals surface area contributed by atoms with Gasteiger partial charge in [-0.2, -0.15) is 0 Å². The molecule has 3 rings (SSSR count). The van der Waals surface area contributed by atoms with Crippen LogP contribution in [-0.4, -0.2) is 18.4 Å². The van der Waals surface area contributed by atoms with Crippen LogP contribution in [0.2, 0.25) is 5.15 Å². The molecule has 1 aromatic carbocycles. The Balaban J connectivity index is 1.92. The normalized spacial score (nSPS) is 14.1. The Morgan fingerprint density at radius 1 is 1.15 bits per heavy atom. The van der Waals surface area contributed by atoms with Gasteiger partial charge in [0.05, 0.1) is 4.90 Å². The lowest BCUT2D eigenvalue weighted by atomic mass is 10.1. The predicted octanol–water partition coefficient (Wildman–Crippen LogP) is 2.42. The summed E-state index contributed by atoms with van der Waals surface area (Å²) in [6, 6.07) is 6.68. The summed E-state index contributed by atoms with van der Waals surface area (Å²) in [6.07, 6.45) is 4.41. The highest BCUT2D eigenvalue weighted by atomic mass is 35.5.